The lowest BCUT2D eigenvalue weighted by molar-refractivity contribution is -0.134. The first kappa shape index (κ1) is 10.9. The van der Waals surface area contributed by atoms with Gasteiger partial charge in [-0.2, -0.15) is 0 Å². The molecule has 0 atom stereocenters. The molecule has 0 spiro atoms. The zero-order valence-corrected chi connectivity index (χ0v) is 8.29. The second-order valence-corrected chi connectivity index (χ2v) is 8.49. The summed E-state index contributed by atoms with van der Waals surface area (Å²) in [6.45, 7) is 5.36. The predicted molar refractivity (Wildman–Crippen MR) is 46.7 cm³/mol. The van der Waals surface area contributed by atoms with Gasteiger partial charge in [-0.25, -0.2) is 9.59 Å². The third kappa shape index (κ3) is 3.34. The summed E-state index contributed by atoms with van der Waals surface area (Å²) in [5.41, 5.74) is 0. The summed E-state index contributed by atoms with van der Waals surface area (Å²) < 4.78 is 0. The molecular formula is C7H12O4Si. The van der Waals surface area contributed by atoms with Gasteiger partial charge in [0.25, 0.3) is 0 Å². The molecule has 0 aliphatic carbocycles. The Labute approximate surface area is 71.5 Å². The van der Waals surface area contributed by atoms with Gasteiger partial charge in [-0.05, 0) is 0 Å². The number of carboxylic acid groups (broad SMARTS) is 2. The van der Waals surface area contributed by atoms with Crippen LogP contribution >= 0.6 is 0 Å². The average molecular weight is 188 g/mol. The number of hydrogen-bond donors (Lipinski definition) is 2. The number of carboxylic acids is 2. The number of aliphatic carboxylic acids is 2. The molecule has 0 radical (unpaired) electrons. The van der Waals surface area contributed by atoms with Gasteiger partial charge in [-0.1, -0.05) is 19.6 Å². The van der Waals surface area contributed by atoms with E-state index < -0.39 is 20.0 Å². The highest BCUT2D eigenvalue weighted by atomic mass is 28.3. The van der Waals surface area contributed by atoms with E-state index in [9.17, 15) is 9.59 Å². The van der Waals surface area contributed by atoms with E-state index in [0.29, 0.717) is 0 Å². The van der Waals surface area contributed by atoms with Crippen LogP contribution in [0.4, 0.5) is 0 Å². The monoisotopic (exact) mass is 188 g/mol. The fourth-order valence-electron chi connectivity index (χ4n) is 0.723. The summed E-state index contributed by atoms with van der Waals surface area (Å²) in [4.78, 5) is 20.8. The van der Waals surface area contributed by atoms with Gasteiger partial charge in [0.2, 0.25) is 0 Å². The largest absolute Gasteiger partial charge is 0.478 e. The van der Waals surface area contributed by atoms with E-state index in [4.69, 9.17) is 10.2 Å². The maximum atomic E-state index is 10.6. The number of carbonyl (C=O) groups is 2. The Morgan fingerprint density at radius 2 is 1.58 bits per heavy atom. The van der Waals surface area contributed by atoms with Gasteiger partial charge >= 0.3 is 11.9 Å². The lowest BCUT2D eigenvalue weighted by Gasteiger charge is -2.15. The van der Waals surface area contributed by atoms with E-state index in [-0.39, 0.29) is 5.20 Å². The Morgan fingerprint density at radius 1 is 1.17 bits per heavy atom. The highest BCUT2D eigenvalue weighted by molar-refractivity contribution is 6.87. The van der Waals surface area contributed by atoms with Gasteiger partial charge in [0, 0.05) is 11.3 Å². The molecule has 0 bridgehead atoms. The lowest BCUT2D eigenvalue weighted by atomic mass is 10.5. The summed E-state index contributed by atoms with van der Waals surface area (Å²) in [5.74, 6) is -2.33. The molecule has 0 rings (SSSR count). The van der Waals surface area contributed by atoms with Crippen LogP contribution in [0.5, 0.6) is 0 Å². The van der Waals surface area contributed by atoms with Crippen LogP contribution in [0.1, 0.15) is 0 Å². The highest BCUT2D eigenvalue weighted by Gasteiger charge is 2.26. The van der Waals surface area contributed by atoms with Crippen LogP contribution in [0.3, 0.4) is 0 Å². The van der Waals surface area contributed by atoms with Crippen molar-refractivity contribution in [3.8, 4) is 0 Å². The van der Waals surface area contributed by atoms with Crippen LogP contribution in [0.25, 0.3) is 0 Å². The average Bonchev–Trinajstić information content (AvgIpc) is 1.79. The van der Waals surface area contributed by atoms with E-state index >= 15 is 0 Å². The zero-order chi connectivity index (χ0) is 9.94. The molecule has 0 saturated carbocycles. The Kier molecular flexibility index (Phi) is 3.21. The third-order valence-corrected chi connectivity index (χ3v) is 3.28. The maximum absolute atomic E-state index is 10.6. The molecule has 2 N–H and O–H groups in total. The molecule has 68 valence electrons. The van der Waals surface area contributed by atoms with Gasteiger partial charge in [0.15, 0.2) is 0 Å². The number of rotatable bonds is 3. The molecule has 0 aliphatic heterocycles. The smallest absolute Gasteiger partial charge is 0.328 e. The van der Waals surface area contributed by atoms with Crippen molar-refractivity contribution >= 4 is 20.0 Å². The molecule has 0 fully saturated rings. The first-order chi connectivity index (χ1) is 5.25. The topological polar surface area (TPSA) is 74.6 Å². The molecule has 0 amide bonds. The van der Waals surface area contributed by atoms with Crippen molar-refractivity contribution in [1.29, 1.82) is 0 Å². The molecule has 0 heterocycles. The molecule has 0 aromatic rings. The van der Waals surface area contributed by atoms with Crippen molar-refractivity contribution in [3.63, 3.8) is 0 Å². The van der Waals surface area contributed by atoms with Gasteiger partial charge in [0.1, 0.15) is 0 Å². The predicted octanol–water partition coefficient (Wildman–Crippen LogP) is 0.959. The summed E-state index contributed by atoms with van der Waals surface area (Å²) in [6.07, 6.45) is 0.786. The summed E-state index contributed by atoms with van der Waals surface area (Å²) >= 11 is 0. The fourth-order valence-corrected chi connectivity index (χ4v) is 1.92. The fraction of sp³-hybridized carbons (Fsp3) is 0.429. The van der Waals surface area contributed by atoms with E-state index in [0.717, 1.165) is 6.08 Å². The van der Waals surface area contributed by atoms with Crippen LogP contribution < -0.4 is 0 Å². The minimum absolute atomic E-state index is 0.0370. The van der Waals surface area contributed by atoms with Crippen molar-refractivity contribution in [3.05, 3.63) is 11.3 Å². The molecule has 0 aromatic heterocycles. The summed E-state index contributed by atoms with van der Waals surface area (Å²) in [5, 5.41) is 17.1. The van der Waals surface area contributed by atoms with Crippen molar-refractivity contribution in [2.75, 3.05) is 0 Å². The Balaban J connectivity index is 4.94. The van der Waals surface area contributed by atoms with Gasteiger partial charge in [-0.15, -0.1) is 0 Å². The Hall–Kier alpha value is -1.10. The van der Waals surface area contributed by atoms with E-state index in [1.54, 1.807) is 19.6 Å². The SMILES string of the molecule is C[Si](C)(C)/C(=C/C(=O)O)C(=O)O. The Morgan fingerprint density at radius 3 is 1.67 bits per heavy atom. The van der Waals surface area contributed by atoms with Crippen LogP contribution in [-0.4, -0.2) is 30.2 Å². The second kappa shape index (κ2) is 3.53. The van der Waals surface area contributed by atoms with Crippen LogP contribution in [0.2, 0.25) is 19.6 Å². The highest BCUT2D eigenvalue weighted by Crippen LogP contribution is 2.14. The quantitative estimate of drug-likeness (QED) is 0.511. The molecule has 0 aromatic carbocycles. The van der Waals surface area contributed by atoms with Crippen molar-refractivity contribution in [2.24, 2.45) is 0 Å². The van der Waals surface area contributed by atoms with Crippen LogP contribution in [-0.2, 0) is 9.59 Å². The first-order valence-electron chi connectivity index (χ1n) is 3.43. The van der Waals surface area contributed by atoms with Gasteiger partial charge in [-0.3, -0.25) is 0 Å². The van der Waals surface area contributed by atoms with E-state index in [2.05, 4.69) is 0 Å². The first-order valence-corrected chi connectivity index (χ1v) is 6.93. The van der Waals surface area contributed by atoms with Crippen LogP contribution in [0, 0.1) is 0 Å². The molecule has 12 heavy (non-hydrogen) atoms. The van der Waals surface area contributed by atoms with Crippen molar-refractivity contribution in [1.82, 2.24) is 0 Å². The van der Waals surface area contributed by atoms with Gasteiger partial charge in [0.05, 0.1) is 8.07 Å². The minimum atomic E-state index is -2.03. The molecule has 5 heteroatoms. The second-order valence-electron chi connectivity index (χ2n) is 3.45. The zero-order valence-electron chi connectivity index (χ0n) is 7.29. The maximum Gasteiger partial charge on any atom is 0.328 e. The molecule has 4 nitrogen and oxygen atoms in total. The molecular weight excluding hydrogens is 176 g/mol. The normalized spacial score (nSPS) is 12.8. The van der Waals surface area contributed by atoms with Crippen LogP contribution in [0.15, 0.2) is 11.3 Å². The summed E-state index contributed by atoms with van der Waals surface area (Å²) in [7, 11) is -2.03. The Bertz CT molecular complexity index is 236. The minimum Gasteiger partial charge on any atom is -0.478 e. The standard InChI is InChI=1S/C7H12O4Si/c1-12(2,3)5(7(10)11)4-6(8)9/h4H,1-3H3,(H,8,9)(H,10,11)/b5-4+. The lowest BCUT2D eigenvalue weighted by Crippen LogP contribution is -2.30. The third-order valence-electron chi connectivity index (χ3n) is 1.31. The molecule has 0 aliphatic rings. The molecule has 0 saturated heterocycles. The number of hydrogen-bond acceptors (Lipinski definition) is 2. The van der Waals surface area contributed by atoms with E-state index in [1.807, 2.05) is 0 Å². The van der Waals surface area contributed by atoms with E-state index in [1.165, 1.54) is 0 Å². The van der Waals surface area contributed by atoms with Crippen molar-refractivity contribution < 1.29 is 19.8 Å². The van der Waals surface area contributed by atoms with Crippen molar-refractivity contribution in [2.45, 2.75) is 19.6 Å². The molecule has 0 unspecified atom stereocenters. The van der Waals surface area contributed by atoms with Gasteiger partial charge < -0.3 is 10.2 Å². The summed E-state index contributed by atoms with van der Waals surface area (Å²) in [6, 6.07) is 0.